The Morgan fingerprint density at radius 1 is 1.30 bits per heavy atom. The van der Waals surface area contributed by atoms with Crippen LogP contribution >= 0.6 is 0 Å². The standard InChI is InChI=1S/C6H7NO3/c8-1-2-3-4(2)6(10)7-5(3)9/h2-4,8H,1H2,(H,7,9,10). The zero-order valence-electron chi connectivity index (χ0n) is 5.20. The van der Waals surface area contributed by atoms with Gasteiger partial charge in [-0.2, -0.15) is 0 Å². The summed E-state index contributed by atoms with van der Waals surface area (Å²) in [6.45, 7) is -0.0471. The fourth-order valence-electron chi connectivity index (χ4n) is 1.60. The highest BCUT2D eigenvalue weighted by Gasteiger charge is 2.63. The number of carbonyl (C=O) groups excluding carboxylic acids is 2. The Labute approximate surface area is 57.2 Å². The number of aliphatic hydroxyl groups is 1. The number of hydrogen-bond donors (Lipinski definition) is 2. The van der Waals surface area contributed by atoms with Crippen LogP contribution in [-0.4, -0.2) is 23.5 Å². The topological polar surface area (TPSA) is 66.4 Å². The first kappa shape index (κ1) is 5.85. The van der Waals surface area contributed by atoms with Gasteiger partial charge in [0.15, 0.2) is 0 Å². The lowest BCUT2D eigenvalue weighted by atomic mass is 10.3. The summed E-state index contributed by atoms with van der Waals surface area (Å²) in [5.74, 6) is -0.931. The molecule has 1 saturated heterocycles. The molecule has 0 aromatic heterocycles. The van der Waals surface area contributed by atoms with Gasteiger partial charge in [0.25, 0.3) is 0 Å². The maximum absolute atomic E-state index is 10.8. The average molecular weight is 141 g/mol. The third-order valence-electron chi connectivity index (χ3n) is 2.23. The highest BCUT2D eigenvalue weighted by molar-refractivity contribution is 6.09. The summed E-state index contributed by atoms with van der Waals surface area (Å²) in [6, 6.07) is 0. The van der Waals surface area contributed by atoms with Crippen molar-refractivity contribution >= 4 is 11.8 Å². The fourth-order valence-corrected chi connectivity index (χ4v) is 1.60. The maximum atomic E-state index is 10.8. The van der Waals surface area contributed by atoms with E-state index >= 15 is 0 Å². The highest BCUT2D eigenvalue weighted by Crippen LogP contribution is 2.49. The van der Waals surface area contributed by atoms with E-state index in [1.165, 1.54) is 0 Å². The van der Waals surface area contributed by atoms with E-state index in [2.05, 4.69) is 5.32 Å². The Morgan fingerprint density at radius 3 is 2.10 bits per heavy atom. The van der Waals surface area contributed by atoms with Crippen molar-refractivity contribution in [3.8, 4) is 0 Å². The summed E-state index contributed by atoms with van der Waals surface area (Å²) in [7, 11) is 0. The minimum Gasteiger partial charge on any atom is -0.396 e. The highest BCUT2D eigenvalue weighted by atomic mass is 16.3. The Balaban J connectivity index is 2.17. The lowest BCUT2D eigenvalue weighted by Crippen LogP contribution is -2.28. The molecule has 2 fully saturated rings. The van der Waals surface area contributed by atoms with Gasteiger partial charge in [0, 0.05) is 12.5 Å². The van der Waals surface area contributed by atoms with Crippen molar-refractivity contribution in [2.75, 3.05) is 6.61 Å². The number of carbonyl (C=O) groups is 2. The molecule has 1 heterocycles. The predicted molar refractivity (Wildman–Crippen MR) is 30.7 cm³/mol. The monoisotopic (exact) mass is 141 g/mol. The number of piperidine rings is 1. The first-order valence-corrected chi connectivity index (χ1v) is 3.21. The Bertz CT molecular complexity index is 193. The van der Waals surface area contributed by atoms with Gasteiger partial charge in [0.05, 0.1) is 11.8 Å². The van der Waals surface area contributed by atoms with E-state index in [1.807, 2.05) is 0 Å². The number of nitrogens with one attached hydrogen (secondary N) is 1. The summed E-state index contributed by atoms with van der Waals surface area (Å²) in [5, 5.41) is 10.8. The van der Waals surface area contributed by atoms with Crippen LogP contribution in [0.4, 0.5) is 0 Å². The molecule has 0 radical (unpaired) electrons. The normalized spacial score (nSPS) is 43.1. The van der Waals surface area contributed by atoms with E-state index < -0.39 is 0 Å². The van der Waals surface area contributed by atoms with Crippen LogP contribution in [0.15, 0.2) is 0 Å². The number of imide groups is 1. The number of fused-ring (bicyclic) bond motifs is 1. The molecule has 1 aliphatic carbocycles. The van der Waals surface area contributed by atoms with Crippen molar-refractivity contribution in [1.29, 1.82) is 0 Å². The molecule has 1 aliphatic heterocycles. The Kier molecular flexibility index (Phi) is 0.922. The SMILES string of the molecule is O=C1NC(=O)C2C(CO)C12. The van der Waals surface area contributed by atoms with E-state index in [9.17, 15) is 9.59 Å². The minimum absolute atomic E-state index is 0.0471. The van der Waals surface area contributed by atoms with Crippen molar-refractivity contribution in [2.24, 2.45) is 17.8 Å². The van der Waals surface area contributed by atoms with E-state index in [-0.39, 0.29) is 36.2 Å². The number of amides is 2. The van der Waals surface area contributed by atoms with Crippen molar-refractivity contribution in [3.05, 3.63) is 0 Å². The van der Waals surface area contributed by atoms with Crippen LogP contribution < -0.4 is 5.32 Å². The second-order valence-electron chi connectivity index (χ2n) is 2.75. The van der Waals surface area contributed by atoms with E-state index in [0.29, 0.717) is 0 Å². The molecule has 2 atom stereocenters. The van der Waals surface area contributed by atoms with Gasteiger partial charge in [-0.1, -0.05) is 0 Å². The van der Waals surface area contributed by atoms with Crippen LogP contribution in [-0.2, 0) is 9.59 Å². The van der Waals surface area contributed by atoms with E-state index in [4.69, 9.17) is 5.11 Å². The molecule has 0 aromatic carbocycles. The Morgan fingerprint density at radius 2 is 1.80 bits per heavy atom. The summed E-state index contributed by atoms with van der Waals surface area (Å²) in [6.07, 6.45) is 0. The van der Waals surface area contributed by atoms with Crippen molar-refractivity contribution in [3.63, 3.8) is 0 Å². The Hall–Kier alpha value is -0.900. The molecular weight excluding hydrogens is 134 g/mol. The molecule has 2 aliphatic rings. The van der Waals surface area contributed by atoms with Crippen molar-refractivity contribution in [1.82, 2.24) is 5.32 Å². The van der Waals surface area contributed by atoms with Gasteiger partial charge in [-0.15, -0.1) is 0 Å². The molecule has 0 aromatic rings. The van der Waals surface area contributed by atoms with Crippen LogP contribution in [0.1, 0.15) is 0 Å². The quantitative estimate of drug-likeness (QED) is 0.436. The van der Waals surface area contributed by atoms with Crippen molar-refractivity contribution < 1.29 is 14.7 Å². The van der Waals surface area contributed by atoms with Crippen molar-refractivity contribution in [2.45, 2.75) is 0 Å². The van der Waals surface area contributed by atoms with Crippen LogP contribution in [0.3, 0.4) is 0 Å². The largest absolute Gasteiger partial charge is 0.396 e. The summed E-state index contributed by atoms with van der Waals surface area (Å²) < 4.78 is 0. The molecule has 2 amide bonds. The summed E-state index contributed by atoms with van der Waals surface area (Å²) >= 11 is 0. The zero-order valence-corrected chi connectivity index (χ0v) is 5.20. The van der Waals surface area contributed by atoms with Gasteiger partial charge < -0.3 is 5.11 Å². The minimum atomic E-state index is -0.214. The second-order valence-corrected chi connectivity index (χ2v) is 2.75. The van der Waals surface area contributed by atoms with Gasteiger partial charge in [-0.25, -0.2) is 0 Å². The smallest absolute Gasteiger partial charge is 0.230 e. The molecule has 0 bridgehead atoms. The third kappa shape index (κ3) is 0.495. The zero-order chi connectivity index (χ0) is 7.30. The molecule has 2 N–H and O–H groups in total. The molecule has 10 heavy (non-hydrogen) atoms. The number of hydrogen-bond acceptors (Lipinski definition) is 3. The van der Waals surface area contributed by atoms with Gasteiger partial charge in [-0.3, -0.25) is 14.9 Å². The van der Waals surface area contributed by atoms with Crippen LogP contribution in [0, 0.1) is 17.8 Å². The number of aliphatic hydroxyl groups excluding tert-OH is 1. The maximum Gasteiger partial charge on any atom is 0.230 e. The lowest BCUT2D eigenvalue weighted by Gasteiger charge is -1.97. The molecule has 0 spiro atoms. The van der Waals surface area contributed by atoms with Gasteiger partial charge in [-0.05, 0) is 0 Å². The summed E-state index contributed by atoms with van der Waals surface area (Å²) in [5.41, 5.74) is 0. The molecule has 2 rings (SSSR count). The van der Waals surface area contributed by atoms with Crippen LogP contribution in [0.5, 0.6) is 0 Å². The second kappa shape index (κ2) is 1.58. The first-order valence-electron chi connectivity index (χ1n) is 3.21. The van der Waals surface area contributed by atoms with E-state index in [0.717, 1.165) is 0 Å². The lowest BCUT2D eigenvalue weighted by molar-refractivity contribution is -0.128. The molecule has 2 unspecified atom stereocenters. The van der Waals surface area contributed by atoms with Gasteiger partial charge in [0.2, 0.25) is 11.8 Å². The average Bonchev–Trinajstić information content (AvgIpc) is 2.53. The molecular formula is C6H7NO3. The molecule has 54 valence electrons. The third-order valence-corrected chi connectivity index (χ3v) is 2.23. The first-order chi connectivity index (χ1) is 4.75. The predicted octanol–water partition coefficient (Wildman–Crippen LogP) is -1.50. The molecule has 1 saturated carbocycles. The van der Waals surface area contributed by atoms with Gasteiger partial charge in [0.1, 0.15) is 0 Å². The molecule has 4 heteroatoms. The van der Waals surface area contributed by atoms with Crippen LogP contribution in [0.25, 0.3) is 0 Å². The number of rotatable bonds is 1. The van der Waals surface area contributed by atoms with Crippen LogP contribution in [0.2, 0.25) is 0 Å². The fraction of sp³-hybridized carbons (Fsp3) is 0.667. The summed E-state index contributed by atoms with van der Waals surface area (Å²) in [4.78, 5) is 21.5. The van der Waals surface area contributed by atoms with E-state index in [1.54, 1.807) is 0 Å². The van der Waals surface area contributed by atoms with Gasteiger partial charge >= 0.3 is 0 Å². The molecule has 4 nitrogen and oxygen atoms in total.